The van der Waals surface area contributed by atoms with Crippen LogP contribution in [0.3, 0.4) is 0 Å². The Bertz CT molecular complexity index is 525. The van der Waals surface area contributed by atoms with Gasteiger partial charge in [-0.2, -0.15) is 5.26 Å². The van der Waals surface area contributed by atoms with Crippen LogP contribution in [0.2, 0.25) is 0 Å². The monoisotopic (exact) mass is 425 g/mol. The molecule has 1 heterocycles. The normalized spacial score (nSPS) is 10.4. The molecule has 0 atom stereocenters. The second-order valence-electron chi connectivity index (χ2n) is 2.83. The van der Waals surface area contributed by atoms with Gasteiger partial charge in [-0.15, -0.1) is 11.3 Å². The van der Waals surface area contributed by atoms with E-state index < -0.39 is 0 Å². The lowest BCUT2D eigenvalue weighted by Crippen LogP contribution is -1.83. The lowest BCUT2D eigenvalue weighted by Gasteiger charge is -1.98. The molecule has 70 valence electrons. The smallest absolute Gasteiger partial charge is 0.0669 e. The summed E-state index contributed by atoms with van der Waals surface area (Å²) in [5.41, 5.74) is 1.14. The Hall–Kier alpha value is 0.130. The van der Waals surface area contributed by atoms with Crippen LogP contribution in [0.25, 0.3) is 10.1 Å². The largest absolute Gasteiger partial charge is 0.198 e. The van der Waals surface area contributed by atoms with Gasteiger partial charge in [0.15, 0.2) is 0 Å². The van der Waals surface area contributed by atoms with Crippen molar-refractivity contribution in [1.82, 2.24) is 0 Å². The summed E-state index contributed by atoms with van der Waals surface area (Å²) < 4.78 is 3.86. The van der Waals surface area contributed by atoms with Gasteiger partial charge in [0, 0.05) is 8.27 Å². The highest BCUT2D eigenvalue weighted by molar-refractivity contribution is 14.1. The zero-order valence-corrected chi connectivity index (χ0v) is 12.2. The molecule has 0 bridgehead atoms. The first-order valence-corrected chi connectivity index (χ1v) is 6.93. The first-order valence-electron chi connectivity index (χ1n) is 3.95. The minimum absolute atomic E-state index is 0.500. The van der Waals surface area contributed by atoms with Gasteiger partial charge in [0.05, 0.1) is 15.4 Å². The summed E-state index contributed by atoms with van der Waals surface area (Å²) in [5, 5.41) is 9.95. The van der Waals surface area contributed by atoms with Crippen LogP contribution in [0, 0.1) is 17.8 Å². The molecule has 1 nitrogen and oxygen atoms in total. The number of hydrogen-bond acceptors (Lipinski definition) is 2. The number of benzene rings is 1. The molecule has 0 amide bonds. The van der Waals surface area contributed by atoms with Gasteiger partial charge in [-0.05, 0) is 68.3 Å². The molecule has 14 heavy (non-hydrogen) atoms. The number of thiophene rings is 1. The molecule has 0 unspecified atom stereocenters. The highest BCUT2D eigenvalue weighted by Crippen LogP contribution is 2.33. The minimum Gasteiger partial charge on any atom is -0.198 e. The molecule has 4 heteroatoms. The maximum atomic E-state index is 8.70. The molecule has 2 rings (SSSR count). The van der Waals surface area contributed by atoms with Crippen LogP contribution in [0.4, 0.5) is 0 Å². The Labute approximate surface area is 113 Å². The van der Waals surface area contributed by atoms with Crippen LogP contribution >= 0.6 is 56.5 Å². The molecule has 2 aromatic rings. The van der Waals surface area contributed by atoms with E-state index in [4.69, 9.17) is 5.26 Å². The Kier molecular flexibility index (Phi) is 3.29. The fourth-order valence-corrected chi connectivity index (χ4v) is 3.97. The molecule has 0 aliphatic rings. The summed E-state index contributed by atoms with van der Waals surface area (Å²) >= 11 is 6.46. The third kappa shape index (κ3) is 1.90. The van der Waals surface area contributed by atoms with E-state index in [1.807, 2.05) is 0 Å². The Morgan fingerprint density at radius 1 is 1.36 bits per heavy atom. The fraction of sp³-hybridized carbons (Fsp3) is 0.100. The molecule has 0 aliphatic carbocycles. The van der Waals surface area contributed by atoms with Gasteiger partial charge in [-0.1, -0.05) is 6.07 Å². The molecule has 0 saturated heterocycles. The quantitative estimate of drug-likeness (QED) is 0.630. The fourth-order valence-electron chi connectivity index (χ4n) is 1.36. The predicted molar refractivity (Wildman–Crippen MR) is 76.6 cm³/mol. The highest BCUT2D eigenvalue weighted by Gasteiger charge is 2.07. The van der Waals surface area contributed by atoms with E-state index in [0.29, 0.717) is 6.42 Å². The minimum atomic E-state index is 0.500. The predicted octanol–water partition coefficient (Wildman–Crippen LogP) is 4.18. The van der Waals surface area contributed by atoms with Crippen LogP contribution in [0.5, 0.6) is 0 Å². The van der Waals surface area contributed by atoms with E-state index in [9.17, 15) is 0 Å². The van der Waals surface area contributed by atoms with Crippen molar-refractivity contribution >= 4 is 66.6 Å². The maximum Gasteiger partial charge on any atom is 0.0669 e. The summed E-state index contributed by atoms with van der Waals surface area (Å²) in [6, 6.07) is 8.50. The summed E-state index contributed by atoms with van der Waals surface area (Å²) in [4.78, 5) is 0. The molecule has 0 aliphatic heterocycles. The third-order valence-corrected chi connectivity index (χ3v) is 5.16. The molecule has 0 radical (unpaired) electrons. The first-order chi connectivity index (χ1) is 6.72. The van der Waals surface area contributed by atoms with Crippen LogP contribution < -0.4 is 0 Å². The summed E-state index contributed by atoms with van der Waals surface area (Å²) in [5.74, 6) is 0. The summed E-state index contributed by atoms with van der Waals surface area (Å²) in [6.45, 7) is 0. The van der Waals surface area contributed by atoms with Crippen molar-refractivity contribution in [2.24, 2.45) is 0 Å². The van der Waals surface area contributed by atoms with Crippen molar-refractivity contribution in [2.75, 3.05) is 0 Å². The molecule has 1 aromatic carbocycles. The van der Waals surface area contributed by atoms with Crippen molar-refractivity contribution in [3.05, 3.63) is 30.2 Å². The average molecular weight is 425 g/mol. The molecular weight excluding hydrogens is 420 g/mol. The van der Waals surface area contributed by atoms with Crippen LogP contribution in [0.15, 0.2) is 18.2 Å². The van der Waals surface area contributed by atoms with Crippen molar-refractivity contribution in [3.63, 3.8) is 0 Å². The molecule has 0 N–H and O–H groups in total. The Morgan fingerprint density at radius 2 is 2.14 bits per heavy atom. The second-order valence-corrected chi connectivity index (χ2v) is 6.94. The van der Waals surface area contributed by atoms with Gasteiger partial charge in [-0.3, -0.25) is 0 Å². The van der Waals surface area contributed by atoms with Gasteiger partial charge in [0.2, 0.25) is 0 Å². The molecule has 0 saturated carbocycles. The third-order valence-electron chi connectivity index (χ3n) is 1.97. The standard InChI is InChI=1S/C10H5I2NS/c11-8-2-1-6(3-4-13)7-5-9(12)14-10(7)8/h1-2,5H,3H2. The van der Waals surface area contributed by atoms with Gasteiger partial charge < -0.3 is 0 Å². The van der Waals surface area contributed by atoms with E-state index in [1.54, 1.807) is 11.3 Å². The topological polar surface area (TPSA) is 23.8 Å². The van der Waals surface area contributed by atoms with Crippen LogP contribution in [-0.2, 0) is 6.42 Å². The molecule has 0 fully saturated rings. The number of nitriles is 1. The summed E-state index contributed by atoms with van der Waals surface area (Å²) in [7, 11) is 0. The Balaban J connectivity index is 2.75. The number of fused-ring (bicyclic) bond motifs is 1. The van der Waals surface area contributed by atoms with E-state index in [2.05, 4.69) is 69.5 Å². The van der Waals surface area contributed by atoms with Crippen molar-refractivity contribution in [1.29, 1.82) is 5.26 Å². The summed E-state index contributed by atoms with van der Waals surface area (Å²) in [6.07, 6.45) is 0.500. The first kappa shape index (κ1) is 10.6. The van der Waals surface area contributed by atoms with Crippen molar-refractivity contribution in [3.8, 4) is 6.07 Å². The highest BCUT2D eigenvalue weighted by atomic mass is 127. The van der Waals surface area contributed by atoms with Crippen LogP contribution in [0.1, 0.15) is 5.56 Å². The second kappa shape index (κ2) is 4.33. The zero-order chi connectivity index (χ0) is 10.1. The van der Waals surface area contributed by atoms with Gasteiger partial charge in [0.1, 0.15) is 0 Å². The number of rotatable bonds is 1. The number of hydrogen-bond donors (Lipinski definition) is 0. The maximum absolute atomic E-state index is 8.70. The lowest BCUT2D eigenvalue weighted by molar-refractivity contribution is 1.29. The van der Waals surface area contributed by atoms with E-state index in [0.717, 1.165) is 5.56 Å². The van der Waals surface area contributed by atoms with Gasteiger partial charge >= 0.3 is 0 Å². The van der Waals surface area contributed by atoms with E-state index in [1.165, 1.54) is 16.5 Å². The van der Waals surface area contributed by atoms with E-state index in [-0.39, 0.29) is 0 Å². The van der Waals surface area contributed by atoms with Gasteiger partial charge in [-0.25, -0.2) is 0 Å². The lowest BCUT2D eigenvalue weighted by atomic mass is 10.1. The van der Waals surface area contributed by atoms with Crippen LogP contribution in [-0.4, -0.2) is 0 Å². The zero-order valence-electron chi connectivity index (χ0n) is 7.05. The average Bonchev–Trinajstić information content (AvgIpc) is 2.53. The molecule has 0 spiro atoms. The van der Waals surface area contributed by atoms with Crippen molar-refractivity contribution < 1.29 is 0 Å². The van der Waals surface area contributed by atoms with E-state index >= 15 is 0 Å². The molecular formula is C10H5I2NS. The number of halogens is 2. The van der Waals surface area contributed by atoms with Crippen molar-refractivity contribution in [2.45, 2.75) is 6.42 Å². The molecule has 1 aromatic heterocycles. The number of nitrogens with zero attached hydrogens (tertiary/aromatic N) is 1. The van der Waals surface area contributed by atoms with Gasteiger partial charge in [0.25, 0.3) is 0 Å². The SMILES string of the molecule is N#CCc1ccc(I)c2sc(I)cc12. The Morgan fingerprint density at radius 3 is 2.86 bits per heavy atom.